The van der Waals surface area contributed by atoms with Gasteiger partial charge in [-0.2, -0.15) is 0 Å². The van der Waals surface area contributed by atoms with Gasteiger partial charge in [-0.15, -0.1) is 0 Å². The highest BCUT2D eigenvalue weighted by Gasteiger charge is 2.50. The van der Waals surface area contributed by atoms with Crippen molar-refractivity contribution in [1.82, 2.24) is 4.90 Å². The molecule has 0 saturated carbocycles. The minimum Gasteiger partial charge on any atom is -0.497 e. The van der Waals surface area contributed by atoms with Crippen LogP contribution < -0.4 is 10.1 Å². The Morgan fingerprint density at radius 2 is 1.90 bits per heavy atom. The maximum Gasteiger partial charge on any atom is 0.255 e. The topological polar surface area (TPSA) is 108 Å². The number of aliphatic hydroxyl groups is 1. The van der Waals surface area contributed by atoms with Crippen LogP contribution >= 0.6 is 0 Å². The minimum absolute atomic E-state index is 0.00736. The van der Waals surface area contributed by atoms with E-state index in [-0.39, 0.29) is 54.6 Å². The summed E-state index contributed by atoms with van der Waals surface area (Å²) in [6, 6.07) is 14.7. The number of rotatable bonds is 10. The number of hydrogen-bond donors (Lipinski definition) is 3. The van der Waals surface area contributed by atoms with Crippen molar-refractivity contribution in [1.29, 1.82) is 0 Å². The van der Waals surface area contributed by atoms with Crippen LogP contribution in [0.25, 0.3) is 0 Å². The Morgan fingerprint density at radius 3 is 2.56 bits per heavy atom. The van der Waals surface area contributed by atoms with E-state index in [2.05, 4.69) is 12.2 Å². The number of carbonyl (C=O) groups excluding carboxylic acids is 2. The molecule has 2 aromatic rings. The number of methoxy groups -OCH3 is 1. The lowest BCUT2D eigenvalue weighted by molar-refractivity contribution is -0.135. The van der Waals surface area contributed by atoms with Gasteiger partial charge >= 0.3 is 0 Å². The quantitative estimate of drug-likeness (QED) is 0.380. The number of nitrogens with zero attached hydrogens (tertiary/aromatic N) is 1. The predicted molar refractivity (Wildman–Crippen MR) is 153 cm³/mol. The Kier molecular flexibility index (Phi) is 9.48. The molecule has 0 aliphatic carbocycles. The number of nitrogens with one attached hydrogen (secondary N) is 1. The zero-order chi connectivity index (χ0) is 28.2. The molecule has 2 aliphatic rings. The standard InChI is InChI=1S/C30H42N2O6Si/c1-20-26(38-27(29(20)39(3,4)36)18-28(34)32-16-6-9-24(32)19-33)15-10-21-7-5-8-23(17-21)31-30(35)22-11-13-25(37-2)14-12-22/h5,7-8,11-14,17,20,24,26-27,29,33,36H,6,9-10,15-16,18-19H2,1-4H3,(H,31,35)/t20-,24-,26+,27-,29+/m0/s1. The van der Waals surface area contributed by atoms with Gasteiger partial charge in [0.05, 0.1) is 38.4 Å². The van der Waals surface area contributed by atoms with Gasteiger partial charge in [0, 0.05) is 23.3 Å². The average molecular weight is 555 g/mol. The molecule has 0 aromatic heterocycles. The maximum atomic E-state index is 13.1. The summed E-state index contributed by atoms with van der Waals surface area (Å²) in [5.74, 6) is 0.644. The van der Waals surface area contributed by atoms with Gasteiger partial charge in [-0.25, -0.2) is 0 Å². The molecule has 4 rings (SSSR count). The Morgan fingerprint density at radius 1 is 1.15 bits per heavy atom. The summed E-state index contributed by atoms with van der Waals surface area (Å²) in [6.45, 7) is 6.64. The first-order valence-electron chi connectivity index (χ1n) is 13.9. The lowest BCUT2D eigenvalue weighted by atomic mass is 9.95. The van der Waals surface area contributed by atoms with E-state index in [1.807, 2.05) is 37.4 Å². The van der Waals surface area contributed by atoms with Crippen molar-refractivity contribution in [3.8, 4) is 5.75 Å². The van der Waals surface area contributed by atoms with Crippen LogP contribution in [0, 0.1) is 5.92 Å². The zero-order valence-corrected chi connectivity index (χ0v) is 24.4. The van der Waals surface area contributed by atoms with E-state index in [9.17, 15) is 19.5 Å². The first-order valence-corrected chi connectivity index (χ1v) is 17.0. The second kappa shape index (κ2) is 12.6. The van der Waals surface area contributed by atoms with Crippen molar-refractivity contribution in [3.05, 3.63) is 59.7 Å². The van der Waals surface area contributed by atoms with Crippen molar-refractivity contribution < 1.29 is 29.0 Å². The number of likely N-dealkylation sites (tertiary alicyclic amines) is 1. The summed E-state index contributed by atoms with van der Waals surface area (Å²) in [5, 5.41) is 12.6. The summed E-state index contributed by atoms with van der Waals surface area (Å²) in [6.07, 6.45) is 3.09. The lowest BCUT2D eigenvalue weighted by Crippen LogP contribution is -2.43. The summed E-state index contributed by atoms with van der Waals surface area (Å²) >= 11 is 0. The van der Waals surface area contributed by atoms with Gasteiger partial charge in [0.1, 0.15) is 5.75 Å². The summed E-state index contributed by atoms with van der Waals surface area (Å²) in [5.41, 5.74) is 2.31. The first kappa shape index (κ1) is 29.3. The lowest BCUT2D eigenvalue weighted by Gasteiger charge is -2.31. The smallest absolute Gasteiger partial charge is 0.255 e. The Bertz CT molecular complexity index is 1140. The number of anilines is 1. The number of hydrogen-bond acceptors (Lipinski definition) is 6. The van der Waals surface area contributed by atoms with Gasteiger partial charge in [0.25, 0.3) is 5.91 Å². The van der Waals surface area contributed by atoms with E-state index in [1.165, 1.54) is 0 Å². The molecule has 0 spiro atoms. The van der Waals surface area contributed by atoms with Gasteiger partial charge in [0.2, 0.25) is 5.91 Å². The Labute approximate surface area is 232 Å². The highest BCUT2D eigenvalue weighted by molar-refractivity contribution is 6.71. The number of ether oxygens (including phenoxy) is 2. The molecular weight excluding hydrogens is 512 g/mol. The highest BCUT2D eigenvalue weighted by atomic mass is 28.4. The van der Waals surface area contributed by atoms with Crippen LogP contribution in [0.5, 0.6) is 5.75 Å². The fourth-order valence-corrected chi connectivity index (χ4v) is 8.92. The highest BCUT2D eigenvalue weighted by Crippen LogP contribution is 2.45. The second-order valence-electron chi connectivity index (χ2n) is 11.4. The van der Waals surface area contributed by atoms with Gasteiger partial charge in [-0.1, -0.05) is 19.1 Å². The predicted octanol–water partition coefficient (Wildman–Crippen LogP) is 4.22. The maximum absolute atomic E-state index is 13.1. The molecule has 2 amide bonds. The summed E-state index contributed by atoms with van der Waals surface area (Å²) in [4.78, 5) is 38.7. The summed E-state index contributed by atoms with van der Waals surface area (Å²) < 4.78 is 11.7. The SMILES string of the molecule is COc1ccc(C(=O)Nc2cccc(CC[C@H]3O[C@@H](CC(=O)N4CCC[C@H]4CO)[C@H]([Si](C)(C)O)[C@H]3C)c2)cc1. The second-order valence-corrected chi connectivity index (χ2v) is 15.4. The Balaban J connectivity index is 1.38. The average Bonchev–Trinajstić information content (AvgIpc) is 3.51. The molecular formula is C30H42N2O6Si. The van der Waals surface area contributed by atoms with Crippen LogP contribution in [0.2, 0.25) is 18.6 Å². The van der Waals surface area contributed by atoms with E-state index >= 15 is 0 Å². The van der Waals surface area contributed by atoms with Crippen LogP contribution in [-0.4, -0.2) is 73.4 Å². The molecule has 0 bridgehead atoms. The first-order chi connectivity index (χ1) is 18.6. The van der Waals surface area contributed by atoms with Crippen molar-refractivity contribution in [2.75, 3.05) is 25.6 Å². The van der Waals surface area contributed by atoms with Crippen LogP contribution in [0.4, 0.5) is 5.69 Å². The molecule has 5 atom stereocenters. The van der Waals surface area contributed by atoms with Gasteiger partial charge in [0.15, 0.2) is 8.32 Å². The third kappa shape index (κ3) is 7.08. The molecule has 2 aromatic carbocycles. The van der Waals surface area contributed by atoms with Crippen molar-refractivity contribution in [2.24, 2.45) is 5.92 Å². The van der Waals surface area contributed by atoms with E-state index in [1.54, 1.807) is 36.3 Å². The van der Waals surface area contributed by atoms with E-state index in [0.29, 0.717) is 17.9 Å². The molecule has 2 fully saturated rings. The largest absolute Gasteiger partial charge is 0.497 e. The van der Waals surface area contributed by atoms with Crippen LogP contribution in [0.3, 0.4) is 0 Å². The molecule has 9 heteroatoms. The fourth-order valence-electron chi connectivity index (χ4n) is 6.31. The molecule has 2 saturated heterocycles. The molecule has 8 nitrogen and oxygen atoms in total. The molecule has 0 unspecified atom stereocenters. The molecule has 39 heavy (non-hydrogen) atoms. The van der Waals surface area contributed by atoms with Crippen molar-refractivity contribution >= 4 is 25.8 Å². The number of amides is 2. The van der Waals surface area contributed by atoms with Gasteiger partial charge in [-0.3, -0.25) is 9.59 Å². The van der Waals surface area contributed by atoms with Crippen LogP contribution in [-0.2, 0) is 16.0 Å². The fraction of sp³-hybridized carbons (Fsp3) is 0.533. The van der Waals surface area contributed by atoms with E-state index < -0.39 is 8.32 Å². The minimum atomic E-state index is -2.60. The van der Waals surface area contributed by atoms with Gasteiger partial charge in [-0.05, 0) is 86.7 Å². The van der Waals surface area contributed by atoms with Gasteiger partial charge < -0.3 is 29.6 Å². The summed E-state index contributed by atoms with van der Waals surface area (Å²) in [7, 11) is -1.01. The van der Waals surface area contributed by atoms with Crippen LogP contribution in [0.1, 0.15) is 48.5 Å². The zero-order valence-electron chi connectivity index (χ0n) is 23.4. The monoisotopic (exact) mass is 554 g/mol. The Hall–Kier alpha value is -2.72. The van der Waals surface area contributed by atoms with E-state index in [0.717, 1.165) is 36.9 Å². The normalized spacial score (nSPS) is 25.1. The number of aliphatic hydroxyl groups excluding tert-OH is 1. The molecule has 2 heterocycles. The number of carbonyl (C=O) groups is 2. The number of aryl methyl sites for hydroxylation is 1. The molecule has 212 valence electrons. The van der Waals surface area contributed by atoms with Crippen molar-refractivity contribution in [2.45, 2.75) is 75.9 Å². The molecule has 3 N–H and O–H groups in total. The van der Waals surface area contributed by atoms with E-state index in [4.69, 9.17) is 9.47 Å². The van der Waals surface area contributed by atoms with Crippen LogP contribution in [0.15, 0.2) is 48.5 Å². The van der Waals surface area contributed by atoms with Crippen molar-refractivity contribution in [3.63, 3.8) is 0 Å². The third-order valence-corrected chi connectivity index (χ3v) is 10.8. The molecule has 0 radical (unpaired) electrons. The number of benzene rings is 2. The third-order valence-electron chi connectivity index (χ3n) is 8.26. The molecule has 2 aliphatic heterocycles.